The van der Waals surface area contributed by atoms with E-state index in [1.807, 2.05) is 27.7 Å². The Labute approximate surface area is 273 Å². The lowest BCUT2D eigenvalue weighted by Crippen LogP contribution is -2.68. The predicted molar refractivity (Wildman–Crippen MR) is 171 cm³/mol. The summed E-state index contributed by atoms with van der Waals surface area (Å²) in [5.74, 6) is 1.24. The molecule has 0 aromatic rings. The van der Waals surface area contributed by atoms with E-state index in [0.717, 1.165) is 55.8 Å². The number of esters is 1. The van der Waals surface area contributed by atoms with E-state index in [0.29, 0.717) is 32.5 Å². The molecule has 2 amide bonds. The Hall–Kier alpha value is -1.47. The molecular weight excluding hydrogens is 617 g/mol. The van der Waals surface area contributed by atoms with Crippen LogP contribution in [0.15, 0.2) is 11.6 Å². The molecule has 10 nitrogen and oxygen atoms in total. The largest absolute Gasteiger partial charge is 0.458 e. The highest BCUT2D eigenvalue weighted by atomic mass is 33.1. The first-order chi connectivity index (χ1) is 21.7. The summed E-state index contributed by atoms with van der Waals surface area (Å²) < 4.78 is 31.2. The van der Waals surface area contributed by atoms with Crippen molar-refractivity contribution in [1.82, 2.24) is 10.6 Å². The maximum atomic E-state index is 13.3. The van der Waals surface area contributed by atoms with Gasteiger partial charge < -0.3 is 34.3 Å². The Morgan fingerprint density at radius 3 is 2.62 bits per heavy atom. The summed E-state index contributed by atoms with van der Waals surface area (Å²) in [7, 11) is 3.96. The van der Waals surface area contributed by atoms with Crippen molar-refractivity contribution in [2.75, 3.05) is 25.4 Å². The number of epoxide rings is 3. The summed E-state index contributed by atoms with van der Waals surface area (Å²) in [6.07, 6.45) is 10.3. The van der Waals surface area contributed by atoms with E-state index < -0.39 is 29.0 Å². The minimum Gasteiger partial charge on any atom is -0.458 e. The van der Waals surface area contributed by atoms with Gasteiger partial charge in [0.05, 0.1) is 6.10 Å². The van der Waals surface area contributed by atoms with Crippen LogP contribution in [0.3, 0.4) is 0 Å². The van der Waals surface area contributed by atoms with E-state index in [4.69, 9.17) is 23.7 Å². The maximum absolute atomic E-state index is 13.3. The third-order valence-corrected chi connectivity index (χ3v) is 14.6. The van der Waals surface area contributed by atoms with E-state index in [9.17, 15) is 14.4 Å². The third-order valence-electron chi connectivity index (χ3n) is 11.6. The molecule has 0 bridgehead atoms. The Kier molecular flexibility index (Phi) is 8.70. The van der Waals surface area contributed by atoms with Gasteiger partial charge in [-0.3, -0.25) is 4.79 Å². The number of fused-ring (bicyclic) bond motifs is 2. The van der Waals surface area contributed by atoms with Crippen LogP contribution in [0.25, 0.3) is 0 Å². The van der Waals surface area contributed by atoms with Crippen molar-refractivity contribution in [3.05, 3.63) is 11.6 Å². The first kappa shape index (κ1) is 32.1. The highest BCUT2D eigenvalue weighted by Crippen LogP contribution is 2.81. The fourth-order valence-corrected chi connectivity index (χ4v) is 12.0. The molecule has 5 aliphatic heterocycles. The first-order valence-electron chi connectivity index (χ1n) is 17.1. The number of alkyl carbamates (subject to hydrolysis) is 1. The van der Waals surface area contributed by atoms with Crippen LogP contribution in [0.2, 0.25) is 0 Å². The molecule has 0 aromatic heterocycles. The third kappa shape index (κ3) is 5.33. The summed E-state index contributed by atoms with van der Waals surface area (Å²) in [6, 6.07) is 0. The second-order valence-corrected chi connectivity index (χ2v) is 17.3. The Balaban J connectivity index is 0.903. The van der Waals surface area contributed by atoms with Gasteiger partial charge in [0.2, 0.25) is 5.91 Å². The average molecular weight is 665 g/mol. The van der Waals surface area contributed by atoms with E-state index >= 15 is 0 Å². The molecule has 7 rings (SSSR count). The number of amides is 2. The molecule has 6 fully saturated rings. The molecule has 9 atom stereocenters. The summed E-state index contributed by atoms with van der Waals surface area (Å²) >= 11 is 0. The average Bonchev–Trinajstić information content (AvgIpc) is 3.95. The fourth-order valence-electron chi connectivity index (χ4n) is 9.00. The van der Waals surface area contributed by atoms with Gasteiger partial charge in [0.25, 0.3) is 0 Å². The van der Waals surface area contributed by atoms with Crippen LogP contribution in [-0.4, -0.2) is 89.9 Å². The van der Waals surface area contributed by atoms with Crippen molar-refractivity contribution in [2.24, 2.45) is 11.3 Å². The lowest BCUT2D eigenvalue weighted by Gasteiger charge is -2.48. The minimum absolute atomic E-state index is 0.0472. The molecule has 12 heteroatoms. The van der Waals surface area contributed by atoms with Crippen LogP contribution in [-0.2, 0) is 33.3 Å². The van der Waals surface area contributed by atoms with Crippen LogP contribution in [0, 0.1) is 11.3 Å². The van der Waals surface area contributed by atoms with Gasteiger partial charge >= 0.3 is 12.1 Å². The number of hydrogen-bond donors (Lipinski definition) is 2. The Morgan fingerprint density at radius 1 is 1.07 bits per heavy atom. The Bertz CT molecular complexity index is 1230. The van der Waals surface area contributed by atoms with Crippen molar-refractivity contribution in [1.29, 1.82) is 0 Å². The van der Waals surface area contributed by atoms with Gasteiger partial charge in [-0.05, 0) is 69.8 Å². The zero-order valence-corrected chi connectivity index (χ0v) is 28.4. The van der Waals surface area contributed by atoms with Crippen LogP contribution < -0.4 is 10.6 Å². The van der Waals surface area contributed by atoms with Crippen LogP contribution in [0.5, 0.6) is 0 Å². The van der Waals surface area contributed by atoms with Crippen molar-refractivity contribution >= 4 is 39.6 Å². The SMILES string of the molecule is CC(C)C12OC1C1OC13C(C)(CCC1=CCOC1=O)CCC1OC13C2OC(=O)NCCCCNC(=O)CCCCC1CCSS1. The second-order valence-electron chi connectivity index (χ2n) is 14.5. The van der Waals surface area contributed by atoms with Crippen LogP contribution in [0.4, 0.5) is 4.79 Å². The van der Waals surface area contributed by atoms with E-state index in [1.165, 1.54) is 18.6 Å². The molecule has 0 radical (unpaired) electrons. The molecule has 9 unspecified atom stereocenters. The number of unbranched alkanes of at least 4 members (excludes halogenated alkanes) is 2. The van der Waals surface area contributed by atoms with Gasteiger partial charge in [0.15, 0.2) is 11.7 Å². The van der Waals surface area contributed by atoms with Crippen LogP contribution in [0.1, 0.15) is 91.4 Å². The van der Waals surface area contributed by atoms with Gasteiger partial charge in [-0.25, -0.2) is 9.59 Å². The van der Waals surface area contributed by atoms with Gasteiger partial charge in [-0.15, -0.1) is 0 Å². The predicted octanol–water partition coefficient (Wildman–Crippen LogP) is 4.84. The quantitative estimate of drug-likeness (QED) is 0.109. The molecule has 7 aliphatic rings. The molecule has 250 valence electrons. The standard InChI is InChI=1S/C33H48N2O8S2/c1-20(2)31-25(42-31)26-33(43-26)30(3,14-10-21-12-18-39-27(21)37)15-11-23-32(33,41-23)28(31)40-29(38)35-17-7-6-16-34-24(36)9-5-4-8-22-13-19-44-45-22/h12,20,22-23,25-26,28H,4-11,13-19H2,1-3H3,(H,34,36)(H,35,38). The highest BCUT2D eigenvalue weighted by Gasteiger charge is 3.00. The van der Waals surface area contributed by atoms with Gasteiger partial charge in [0, 0.05) is 41.5 Å². The molecule has 45 heavy (non-hydrogen) atoms. The van der Waals surface area contributed by atoms with Gasteiger partial charge in [-0.1, -0.05) is 48.8 Å². The van der Waals surface area contributed by atoms with Gasteiger partial charge in [-0.2, -0.15) is 0 Å². The van der Waals surface area contributed by atoms with E-state index in [-0.39, 0.29) is 41.5 Å². The molecule has 5 heterocycles. The number of cyclic esters (lactones) is 1. The number of hydrogen-bond acceptors (Lipinski definition) is 10. The molecule has 2 saturated carbocycles. The topological polar surface area (TPSA) is 131 Å². The summed E-state index contributed by atoms with van der Waals surface area (Å²) in [6.45, 7) is 7.87. The minimum atomic E-state index is -0.747. The fraction of sp³-hybridized carbons (Fsp3) is 0.848. The highest BCUT2D eigenvalue weighted by molar-refractivity contribution is 8.77. The monoisotopic (exact) mass is 664 g/mol. The second kappa shape index (κ2) is 12.2. The molecule has 2 aliphatic carbocycles. The van der Waals surface area contributed by atoms with Crippen molar-refractivity contribution in [3.8, 4) is 0 Å². The van der Waals surface area contributed by atoms with E-state index in [1.54, 1.807) is 0 Å². The maximum Gasteiger partial charge on any atom is 0.407 e. The lowest BCUT2D eigenvalue weighted by molar-refractivity contribution is -0.136. The molecule has 0 aromatic carbocycles. The van der Waals surface area contributed by atoms with Crippen LogP contribution >= 0.6 is 21.6 Å². The lowest BCUT2D eigenvalue weighted by atomic mass is 9.52. The zero-order chi connectivity index (χ0) is 31.5. The zero-order valence-electron chi connectivity index (χ0n) is 26.7. The first-order valence-corrected chi connectivity index (χ1v) is 19.5. The van der Waals surface area contributed by atoms with Crippen molar-refractivity contribution in [2.45, 2.75) is 138 Å². The number of carbonyl (C=O) groups is 3. The normalized spacial score (nSPS) is 41.6. The molecule has 2 N–H and O–H groups in total. The summed E-state index contributed by atoms with van der Waals surface area (Å²) in [5, 5.41) is 6.72. The summed E-state index contributed by atoms with van der Waals surface area (Å²) in [4.78, 5) is 37.6. The number of nitrogens with one attached hydrogen (secondary N) is 2. The van der Waals surface area contributed by atoms with E-state index in [2.05, 4.69) is 31.4 Å². The Morgan fingerprint density at radius 2 is 1.89 bits per heavy atom. The molecule has 4 saturated heterocycles. The number of ether oxygens (including phenoxy) is 5. The smallest absolute Gasteiger partial charge is 0.407 e. The number of rotatable bonds is 15. The number of carbonyl (C=O) groups excluding carboxylic acids is 3. The van der Waals surface area contributed by atoms with Crippen molar-refractivity contribution in [3.63, 3.8) is 0 Å². The molecule has 2 spiro atoms. The molecular formula is C33H48N2O8S2. The van der Waals surface area contributed by atoms with Gasteiger partial charge in [0.1, 0.15) is 30.0 Å². The summed E-state index contributed by atoms with van der Waals surface area (Å²) in [5.41, 5.74) is -1.52. The van der Waals surface area contributed by atoms with Crippen molar-refractivity contribution < 1.29 is 38.1 Å².